The van der Waals surface area contributed by atoms with E-state index < -0.39 is 8.32 Å². The van der Waals surface area contributed by atoms with Crippen molar-refractivity contribution in [2.75, 3.05) is 5.33 Å². The minimum atomic E-state index is -1.72. The van der Waals surface area contributed by atoms with Gasteiger partial charge in [0.05, 0.1) is 18.6 Å². The van der Waals surface area contributed by atoms with E-state index in [1.165, 1.54) is 0 Å². The van der Waals surface area contributed by atoms with Crippen LogP contribution in [0.4, 0.5) is 0 Å². The number of furan rings is 1. The molecule has 0 saturated carbocycles. The van der Waals surface area contributed by atoms with Gasteiger partial charge >= 0.3 is 0 Å². The lowest BCUT2D eigenvalue weighted by Crippen LogP contribution is -2.41. The molecule has 0 saturated heterocycles. The minimum Gasteiger partial charge on any atom is -0.472 e. The summed E-state index contributed by atoms with van der Waals surface area (Å²) in [5, 5.41) is 1.18. The Bertz CT molecular complexity index is 328. The van der Waals surface area contributed by atoms with Crippen molar-refractivity contribution >= 4 is 24.2 Å². The molecule has 0 fully saturated rings. The van der Waals surface area contributed by atoms with E-state index in [0.717, 1.165) is 17.3 Å². The van der Waals surface area contributed by atoms with Crippen molar-refractivity contribution in [1.82, 2.24) is 0 Å². The van der Waals surface area contributed by atoms with Crippen molar-refractivity contribution in [3.63, 3.8) is 0 Å². The molecule has 4 heteroatoms. The van der Waals surface area contributed by atoms with Gasteiger partial charge in [0, 0.05) is 10.9 Å². The van der Waals surface area contributed by atoms with Crippen LogP contribution in [-0.4, -0.2) is 13.6 Å². The van der Waals surface area contributed by atoms with Crippen molar-refractivity contribution in [2.24, 2.45) is 0 Å². The average Bonchev–Trinajstić information content (AvgIpc) is 2.67. The van der Waals surface area contributed by atoms with E-state index in [4.69, 9.17) is 8.84 Å². The fraction of sp³-hybridized carbons (Fsp3) is 0.692. The molecule has 0 aliphatic rings. The van der Waals surface area contributed by atoms with Gasteiger partial charge in [-0.1, -0.05) is 36.7 Å². The maximum Gasteiger partial charge on any atom is 0.192 e. The first kappa shape index (κ1) is 15.0. The highest BCUT2D eigenvalue weighted by Gasteiger charge is 2.39. The summed E-state index contributed by atoms with van der Waals surface area (Å²) in [7, 11) is -1.72. The van der Waals surface area contributed by atoms with E-state index in [-0.39, 0.29) is 11.1 Å². The quantitative estimate of drug-likeness (QED) is 0.555. The normalized spacial score (nSPS) is 14.9. The smallest absolute Gasteiger partial charge is 0.192 e. The zero-order valence-electron chi connectivity index (χ0n) is 11.4. The van der Waals surface area contributed by atoms with Crippen LogP contribution in [0.2, 0.25) is 18.1 Å². The summed E-state index contributed by atoms with van der Waals surface area (Å²) >= 11 is 3.50. The van der Waals surface area contributed by atoms with Gasteiger partial charge in [0.25, 0.3) is 0 Å². The van der Waals surface area contributed by atoms with Crippen LogP contribution in [-0.2, 0) is 4.43 Å². The highest BCUT2D eigenvalue weighted by Crippen LogP contribution is 2.40. The molecular weight excluding hydrogens is 296 g/mol. The second-order valence-electron chi connectivity index (χ2n) is 5.90. The van der Waals surface area contributed by atoms with E-state index in [2.05, 4.69) is 49.8 Å². The monoisotopic (exact) mass is 318 g/mol. The van der Waals surface area contributed by atoms with Gasteiger partial charge < -0.3 is 8.84 Å². The molecule has 2 nitrogen and oxygen atoms in total. The Morgan fingerprint density at radius 1 is 1.41 bits per heavy atom. The number of rotatable bonds is 5. The lowest BCUT2D eigenvalue weighted by Gasteiger charge is -2.39. The Hall–Kier alpha value is -0.0631. The lowest BCUT2D eigenvalue weighted by atomic mass is 10.1. The molecule has 0 radical (unpaired) electrons. The van der Waals surface area contributed by atoms with Gasteiger partial charge in [-0.25, -0.2) is 0 Å². The SMILES string of the molecule is CC(C)(C)[Si](C)(C)OC(CCBr)c1ccoc1. The topological polar surface area (TPSA) is 22.4 Å². The molecule has 1 unspecified atom stereocenters. The summed E-state index contributed by atoms with van der Waals surface area (Å²) in [5.41, 5.74) is 1.15. The number of alkyl halides is 1. The van der Waals surface area contributed by atoms with Crippen molar-refractivity contribution in [2.45, 2.75) is 51.4 Å². The molecule has 1 aromatic heterocycles. The van der Waals surface area contributed by atoms with Crippen molar-refractivity contribution < 1.29 is 8.84 Å². The first-order valence-corrected chi connectivity index (χ1v) is 10.1. The van der Waals surface area contributed by atoms with Crippen molar-refractivity contribution in [1.29, 1.82) is 0 Å². The second kappa shape index (κ2) is 5.72. The largest absolute Gasteiger partial charge is 0.472 e. The third-order valence-electron chi connectivity index (χ3n) is 3.53. The Kier molecular flexibility index (Phi) is 5.04. The van der Waals surface area contributed by atoms with Gasteiger partial charge in [-0.15, -0.1) is 0 Å². The van der Waals surface area contributed by atoms with E-state index in [9.17, 15) is 0 Å². The molecule has 0 aliphatic carbocycles. The molecule has 0 aromatic carbocycles. The third kappa shape index (κ3) is 3.97. The molecular formula is C13H23BrO2Si. The van der Waals surface area contributed by atoms with Gasteiger partial charge in [0.15, 0.2) is 8.32 Å². The molecule has 1 rings (SSSR count). The molecule has 0 aliphatic heterocycles. The third-order valence-corrected chi connectivity index (χ3v) is 8.47. The highest BCUT2D eigenvalue weighted by molar-refractivity contribution is 9.09. The Balaban J connectivity index is 2.81. The van der Waals surface area contributed by atoms with E-state index in [0.29, 0.717) is 0 Å². The molecule has 0 amide bonds. The fourth-order valence-corrected chi connectivity index (χ4v) is 3.12. The Morgan fingerprint density at radius 2 is 2.06 bits per heavy atom. The summed E-state index contributed by atoms with van der Waals surface area (Å²) in [4.78, 5) is 0. The number of hydrogen-bond acceptors (Lipinski definition) is 2. The second-order valence-corrected chi connectivity index (χ2v) is 11.5. The lowest BCUT2D eigenvalue weighted by molar-refractivity contribution is 0.180. The van der Waals surface area contributed by atoms with Crippen LogP contribution in [0.25, 0.3) is 0 Å². The van der Waals surface area contributed by atoms with Gasteiger partial charge in [-0.2, -0.15) is 0 Å². The van der Waals surface area contributed by atoms with E-state index in [1.54, 1.807) is 12.5 Å². The minimum absolute atomic E-state index is 0.147. The Morgan fingerprint density at radius 3 is 2.47 bits per heavy atom. The zero-order valence-corrected chi connectivity index (χ0v) is 14.0. The zero-order chi connectivity index (χ0) is 13.1. The van der Waals surface area contributed by atoms with Gasteiger partial charge in [0.1, 0.15) is 0 Å². The Labute approximate surface area is 114 Å². The van der Waals surface area contributed by atoms with Crippen LogP contribution in [0.15, 0.2) is 23.0 Å². The van der Waals surface area contributed by atoms with Crippen LogP contribution >= 0.6 is 15.9 Å². The maximum absolute atomic E-state index is 6.44. The maximum atomic E-state index is 6.44. The van der Waals surface area contributed by atoms with Crippen LogP contribution in [0, 0.1) is 0 Å². The van der Waals surface area contributed by atoms with E-state index in [1.807, 2.05) is 6.07 Å². The van der Waals surface area contributed by atoms with Gasteiger partial charge in [0.2, 0.25) is 0 Å². The molecule has 1 aromatic rings. The first-order valence-electron chi connectivity index (χ1n) is 6.04. The van der Waals surface area contributed by atoms with Crippen LogP contribution in [0.3, 0.4) is 0 Å². The molecule has 17 heavy (non-hydrogen) atoms. The van der Waals surface area contributed by atoms with Crippen LogP contribution < -0.4 is 0 Å². The molecule has 0 bridgehead atoms. The predicted molar refractivity (Wildman–Crippen MR) is 78.1 cm³/mol. The number of halogens is 1. The highest BCUT2D eigenvalue weighted by atomic mass is 79.9. The van der Waals surface area contributed by atoms with Gasteiger partial charge in [-0.3, -0.25) is 0 Å². The fourth-order valence-electron chi connectivity index (χ4n) is 1.38. The summed E-state index contributed by atoms with van der Waals surface area (Å²) in [6.45, 7) is 11.4. The van der Waals surface area contributed by atoms with E-state index >= 15 is 0 Å². The average molecular weight is 319 g/mol. The molecule has 1 heterocycles. The van der Waals surface area contributed by atoms with Gasteiger partial charge in [-0.05, 0) is 30.6 Å². The molecule has 98 valence electrons. The predicted octanol–water partition coefficient (Wildman–Crippen LogP) is 5.13. The summed E-state index contributed by atoms with van der Waals surface area (Å²) < 4.78 is 11.6. The van der Waals surface area contributed by atoms with Crippen molar-refractivity contribution in [3.8, 4) is 0 Å². The standard InChI is InChI=1S/C13H23BrO2Si/c1-13(2,3)17(4,5)16-12(6-8-14)11-7-9-15-10-11/h7,9-10,12H,6,8H2,1-5H3. The molecule has 0 spiro atoms. The van der Waals surface area contributed by atoms with Crippen molar-refractivity contribution in [3.05, 3.63) is 24.2 Å². The first-order chi connectivity index (χ1) is 7.78. The van der Waals surface area contributed by atoms with Crippen LogP contribution in [0.5, 0.6) is 0 Å². The summed E-state index contributed by atoms with van der Waals surface area (Å²) in [6.07, 6.45) is 4.63. The molecule has 0 N–H and O–H groups in total. The number of hydrogen-bond donors (Lipinski definition) is 0. The summed E-state index contributed by atoms with van der Waals surface area (Å²) in [6, 6.07) is 2.00. The van der Waals surface area contributed by atoms with Crippen LogP contribution in [0.1, 0.15) is 38.9 Å². The summed E-state index contributed by atoms with van der Waals surface area (Å²) in [5.74, 6) is 0. The molecule has 1 atom stereocenters.